The summed E-state index contributed by atoms with van der Waals surface area (Å²) in [5.74, 6) is 0.286. The summed E-state index contributed by atoms with van der Waals surface area (Å²) < 4.78 is 5.67. The number of methoxy groups -OCH3 is 1. The molecule has 1 aliphatic rings. The highest BCUT2D eigenvalue weighted by atomic mass is 32.2. The first kappa shape index (κ1) is 17.4. The molecule has 2 heterocycles. The van der Waals surface area contributed by atoms with Gasteiger partial charge in [0.05, 0.1) is 18.4 Å². The van der Waals surface area contributed by atoms with Crippen molar-refractivity contribution in [1.29, 1.82) is 0 Å². The molecule has 24 heavy (non-hydrogen) atoms. The third-order valence-corrected chi connectivity index (χ3v) is 6.85. The van der Waals surface area contributed by atoms with Crippen molar-refractivity contribution >= 4 is 51.3 Å². The fourth-order valence-corrected chi connectivity index (χ4v) is 5.38. The van der Waals surface area contributed by atoms with Crippen LogP contribution in [0.4, 0.5) is 5.00 Å². The van der Waals surface area contributed by atoms with E-state index < -0.39 is 0 Å². The maximum atomic E-state index is 12.2. The van der Waals surface area contributed by atoms with Gasteiger partial charge in [-0.2, -0.15) is 0 Å². The predicted molar refractivity (Wildman–Crippen MR) is 96.1 cm³/mol. The molecule has 0 radical (unpaired) electrons. The molecule has 1 N–H and O–H groups in total. The second-order valence-corrected chi connectivity index (χ2v) is 8.75. The monoisotopic (exact) mass is 383 g/mol. The third kappa shape index (κ3) is 3.79. The number of amides is 1. The highest BCUT2D eigenvalue weighted by molar-refractivity contribution is 8.01. The first-order chi connectivity index (χ1) is 11.6. The van der Waals surface area contributed by atoms with Crippen LogP contribution in [0.1, 0.15) is 34.1 Å². The van der Waals surface area contributed by atoms with E-state index in [2.05, 4.69) is 22.4 Å². The molecule has 1 unspecified atom stereocenters. The Bertz CT molecular complexity index is 743. The minimum absolute atomic E-state index is 0.160. The lowest BCUT2D eigenvalue weighted by Gasteiger charge is -2.18. The zero-order chi connectivity index (χ0) is 17.1. The van der Waals surface area contributed by atoms with Crippen molar-refractivity contribution in [3.8, 4) is 0 Å². The van der Waals surface area contributed by atoms with Crippen LogP contribution in [0.3, 0.4) is 0 Å². The van der Waals surface area contributed by atoms with Gasteiger partial charge in [-0.15, -0.1) is 21.5 Å². The van der Waals surface area contributed by atoms with Crippen molar-refractivity contribution in [1.82, 2.24) is 10.2 Å². The second kappa shape index (κ2) is 7.62. The van der Waals surface area contributed by atoms with Crippen molar-refractivity contribution in [2.45, 2.75) is 30.5 Å². The molecule has 0 spiro atoms. The number of anilines is 1. The first-order valence-electron chi connectivity index (χ1n) is 7.50. The Kier molecular flexibility index (Phi) is 5.52. The lowest BCUT2D eigenvalue weighted by atomic mass is 9.88. The fourth-order valence-electron chi connectivity index (χ4n) is 2.67. The Hall–Kier alpha value is -1.45. The maximum Gasteiger partial charge on any atom is 0.341 e. The zero-order valence-electron chi connectivity index (χ0n) is 13.3. The number of thiophene rings is 1. The Balaban J connectivity index is 1.76. The van der Waals surface area contributed by atoms with E-state index in [1.165, 1.54) is 46.4 Å². The van der Waals surface area contributed by atoms with Crippen LogP contribution in [0, 0.1) is 5.92 Å². The number of aromatic nitrogens is 2. The molecule has 0 aromatic carbocycles. The van der Waals surface area contributed by atoms with Gasteiger partial charge in [-0.1, -0.05) is 30.0 Å². The summed E-state index contributed by atoms with van der Waals surface area (Å²) in [6, 6.07) is 0. The summed E-state index contributed by atoms with van der Waals surface area (Å²) in [6.45, 7) is 2.21. The number of nitrogens with one attached hydrogen (secondary N) is 1. The zero-order valence-corrected chi connectivity index (χ0v) is 15.8. The van der Waals surface area contributed by atoms with Gasteiger partial charge in [-0.25, -0.2) is 4.79 Å². The standard InChI is InChI=1S/C15H17N3O3S3/c1-8-3-4-9-10(5-8)24-13(12(9)14(20)21-2)17-11(19)6-22-15-18-16-7-23-15/h7-8H,3-6H2,1-2H3,(H,17,19). The van der Waals surface area contributed by atoms with Gasteiger partial charge in [-0.3, -0.25) is 4.79 Å². The van der Waals surface area contributed by atoms with E-state index in [0.717, 1.165) is 29.2 Å². The molecule has 1 atom stereocenters. The molecule has 0 aliphatic heterocycles. The molecule has 1 aliphatic carbocycles. The quantitative estimate of drug-likeness (QED) is 0.631. The maximum absolute atomic E-state index is 12.2. The topological polar surface area (TPSA) is 81.2 Å². The van der Waals surface area contributed by atoms with Crippen LogP contribution in [0.15, 0.2) is 9.85 Å². The average molecular weight is 384 g/mol. The van der Waals surface area contributed by atoms with Crippen LogP contribution in [0.25, 0.3) is 0 Å². The lowest BCUT2D eigenvalue weighted by Crippen LogP contribution is -2.17. The van der Waals surface area contributed by atoms with E-state index in [0.29, 0.717) is 16.5 Å². The molecular weight excluding hydrogens is 366 g/mol. The van der Waals surface area contributed by atoms with Crippen LogP contribution in [0.2, 0.25) is 0 Å². The number of fused-ring (bicyclic) bond motifs is 1. The molecular formula is C15H17N3O3S3. The van der Waals surface area contributed by atoms with E-state index in [1.807, 2.05) is 0 Å². The number of thioether (sulfide) groups is 1. The van der Waals surface area contributed by atoms with Crippen LogP contribution < -0.4 is 5.32 Å². The molecule has 1 amide bonds. The van der Waals surface area contributed by atoms with Crippen molar-refractivity contribution in [3.63, 3.8) is 0 Å². The van der Waals surface area contributed by atoms with Gasteiger partial charge in [0.15, 0.2) is 4.34 Å². The van der Waals surface area contributed by atoms with E-state index in [-0.39, 0.29) is 17.6 Å². The van der Waals surface area contributed by atoms with Gasteiger partial charge < -0.3 is 10.1 Å². The highest BCUT2D eigenvalue weighted by Crippen LogP contribution is 2.40. The van der Waals surface area contributed by atoms with Gasteiger partial charge in [0.1, 0.15) is 10.5 Å². The van der Waals surface area contributed by atoms with E-state index in [9.17, 15) is 9.59 Å². The smallest absolute Gasteiger partial charge is 0.341 e. The summed E-state index contributed by atoms with van der Waals surface area (Å²) in [6.07, 6.45) is 2.85. The predicted octanol–water partition coefficient (Wildman–Crippen LogP) is 3.24. The van der Waals surface area contributed by atoms with Crippen molar-refractivity contribution in [2.24, 2.45) is 5.92 Å². The van der Waals surface area contributed by atoms with Gasteiger partial charge in [0.2, 0.25) is 5.91 Å². The van der Waals surface area contributed by atoms with Gasteiger partial charge >= 0.3 is 5.97 Å². The molecule has 3 rings (SSSR count). The summed E-state index contributed by atoms with van der Waals surface area (Å²) in [5, 5.41) is 11.1. The Morgan fingerprint density at radius 2 is 2.33 bits per heavy atom. The number of hydrogen-bond donors (Lipinski definition) is 1. The van der Waals surface area contributed by atoms with Gasteiger partial charge in [0.25, 0.3) is 0 Å². The first-order valence-corrected chi connectivity index (χ1v) is 10.2. The van der Waals surface area contributed by atoms with E-state index in [4.69, 9.17) is 4.74 Å². The van der Waals surface area contributed by atoms with Crippen LogP contribution in [0.5, 0.6) is 0 Å². The number of esters is 1. The molecule has 9 heteroatoms. The van der Waals surface area contributed by atoms with Crippen LogP contribution >= 0.6 is 34.4 Å². The van der Waals surface area contributed by atoms with E-state index >= 15 is 0 Å². The van der Waals surface area contributed by atoms with Gasteiger partial charge in [0, 0.05) is 4.88 Å². The molecule has 6 nitrogen and oxygen atoms in total. The van der Waals surface area contributed by atoms with Crippen molar-refractivity contribution < 1.29 is 14.3 Å². The molecule has 0 saturated carbocycles. The Labute approximate surface area is 152 Å². The Morgan fingerprint density at radius 3 is 3.04 bits per heavy atom. The van der Waals surface area contributed by atoms with Crippen molar-refractivity contribution in [3.05, 3.63) is 21.5 Å². The van der Waals surface area contributed by atoms with Crippen molar-refractivity contribution in [2.75, 3.05) is 18.2 Å². The minimum atomic E-state index is -0.380. The lowest BCUT2D eigenvalue weighted by molar-refractivity contribution is -0.113. The Morgan fingerprint density at radius 1 is 1.50 bits per heavy atom. The number of rotatable bonds is 5. The molecule has 0 saturated heterocycles. The number of ether oxygens (including phenoxy) is 1. The average Bonchev–Trinajstić information content (AvgIpc) is 3.19. The third-order valence-electron chi connectivity index (χ3n) is 3.82. The normalized spacial score (nSPS) is 16.5. The van der Waals surface area contributed by atoms with Crippen LogP contribution in [-0.2, 0) is 22.4 Å². The molecule has 2 aromatic rings. The fraction of sp³-hybridized carbons (Fsp3) is 0.467. The summed E-state index contributed by atoms with van der Waals surface area (Å²) in [5.41, 5.74) is 3.19. The SMILES string of the molecule is COC(=O)c1c(NC(=O)CSc2nncs2)sc2c1CCC(C)C2. The number of carbonyl (C=O) groups excluding carboxylic acids is 2. The summed E-state index contributed by atoms with van der Waals surface area (Å²) in [4.78, 5) is 25.6. The number of nitrogens with zero attached hydrogens (tertiary/aromatic N) is 2. The molecule has 128 valence electrons. The minimum Gasteiger partial charge on any atom is -0.465 e. The van der Waals surface area contributed by atoms with Gasteiger partial charge in [-0.05, 0) is 30.7 Å². The molecule has 2 aromatic heterocycles. The number of carbonyl (C=O) groups is 2. The summed E-state index contributed by atoms with van der Waals surface area (Å²) in [7, 11) is 1.37. The molecule has 0 fully saturated rings. The van der Waals surface area contributed by atoms with Crippen LogP contribution in [-0.4, -0.2) is 34.9 Å². The largest absolute Gasteiger partial charge is 0.465 e. The summed E-state index contributed by atoms with van der Waals surface area (Å²) >= 11 is 4.22. The number of hydrogen-bond acceptors (Lipinski definition) is 8. The molecule has 0 bridgehead atoms. The van der Waals surface area contributed by atoms with E-state index in [1.54, 1.807) is 5.51 Å². The second-order valence-electron chi connectivity index (χ2n) is 5.59. The highest BCUT2D eigenvalue weighted by Gasteiger charge is 2.28.